The van der Waals surface area contributed by atoms with Gasteiger partial charge in [0.2, 0.25) is 0 Å². The molecule has 1 aromatic rings. The van der Waals surface area contributed by atoms with Gasteiger partial charge in [-0.2, -0.15) is 0 Å². The van der Waals surface area contributed by atoms with Crippen LogP contribution in [0.1, 0.15) is 122 Å². The van der Waals surface area contributed by atoms with Gasteiger partial charge in [0, 0.05) is 5.69 Å². The van der Waals surface area contributed by atoms with Crippen LogP contribution in [-0.4, -0.2) is 11.6 Å². The first-order valence-electron chi connectivity index (χ1n) is 13.8. The Kier molecular flexibility index (Phi) is 11.2. The van der Waals surface area contributed by atoms with E-state index in [1.165, 1.54) is 102 Å². The third-order valence-corrected chi connectivity index (χ3v) is 8.21. The van der Waals surface area contributed by atoms with Crippen molar-refractivity contribution >= 4 is 0 Å². The van der Waals surface area contributed by atoms with Crippen LogP contribution in [0.5, 0.6) is 5.75 Å². The first-order chi connectivity index (χ1) is 15.3. The molecule has 2 saturated carbocycles. The third-order valence-electron chi connectivity index (χ3n) is 8.21. The summed E-state index contributed by atoms with van der Waals surface area (Å²) in [4.78, 5) is 4.61. The maximum atomic E-state index is 5.65. The molecule has 0 bridgehead atoms. The first-order valence-corrected chi connectivity index (χ1v) is 13.8. The maximum Gasteiger partial charge on any atom is 0.137 e. The van der Waals surface area contributed by atoms with Gasteiger partial charge in [-0.05, 0) is 55.1 Å². The van der Waals surface area contributed by atoms with Crippen molar-refractivity contribution in [3.8, 4) is 5.75 Å². The Balaban J connectivity index is 1.24. The summed E-state index contributed by atoms with van der Waals surface area (Å²) in [5.41, 5.74) is 1.23. The zero-order valence-corrected chi connectivity index (χ0v) is 20.6. The molecule has 2 heteroatoms. The number of aromatic nitrogens is 1. The molecular weight excluding hydrogens is 378 g/mol. The molecule has 1 heterocycles. The molecule has 0 aromatic carbocycles. The number of rotatable bonds is 13. The molecule has 176 valence electrons. The smallest absolute Gasteiger partial charge is 0.137 e. The summed E-state index contributed by atoms with van der Waals surface area (Å²) in [6.45, 7) is 5.24. The molecule has 0 radical (unpaired) electrons. The van der Waals surface area contributed by atoms with Crippen molar-refractivity contribution in [2.45, 2.75) is 123 Å². The van der Waals surface area contributed by atoms with E-state index >= 15 is 0 Å². The zero-order valence-electron chi connectivity index (χ0n) is 20.6. The van der Waals surface area contributed by atoms with Gasteiger partial charge in [0.15, 0.2) is 0 Å². The largest absolute Gasteiger partial charge is 0.492 e. The lowest BCUT2D eigenvalue weighted by Gasteiger charge is -2.32. The second-order valence-corrected chi connectivity index (χ2v) is 10.7. The van der Waals surface area contributed by atoms with Crippen molar-refractivity contribution in [3.63, 3.8) is 0 Å². The number of aryl methyl sites for hydroxylation is 1. The Morgan fingerprint density at radius 3 is 1.81 bits per heavy atom. The minimum atomic E-state index is 0.782. The molecule has 0 amide bonds. The highest BCUT2D eigenvalue weighted by molar-refractivity contribution is 5.19. The van der Waals surface area contributed by atoms with Gasteiger partial charge in [-0.1, -0.05) is 104 Å². The number of unbranched alkanes of at least 4 members (excludes halogenated alkanes) is 2. The standard InChI is InChI=1S/C29H49NO/c1-3-5-6-7-24-8-10-25(11-9-24)12-13-26-14-16-27(17-15-26)18-19-28-20-21-29(23-30-28)31-22-4-2/h20-21,23-27H,3-19,22H2,1-2H3. The molecule has 0 aliphatic heterocycles. The molecular formula is C29H49NO. The topological polar surface area (TPSA) is 22.1 Å². The molecule has 2 aliphatic rings. The third kappa shape index (κ3) is 9.15. The number of hydrogen-bond donors (Lipinski definition) is 0. The SMILES string of the molecule is CCCCCC1CCC(CCC2CCC(CCc3ccc(OCCC)cn3)CC2)CC1. The van der Waals surface area contributed by atoms with Crippen LogP contribution >= 0.6 is 0 Å². The molecule has 2 fully saturated rings. The average molecular weight is 428 g/mol. The second kappa shape index (κ2) is 14.2. The van der Waals surface area contributed by atoms with Gasteiger partial charge in [-0.15, -0.1) is 0 Å². The Morgan fingerprint density at radius 2 is 1.29 bits per heavy atom. The summed E-state index contributed by atoms with van der Waals surface area (Å²) in [5.74, 6) is 4.97. The normalized spacial score (nSPS) is 26.6. The van der Waals surface area contributed by atoms with E-state index in [1.54, 1.807) is 0 Å². The molecule has 3 rings (SSSR count). The predicted molar refractivity (Wildman–Crippen MR) is 133 cm³/mol. The molecule has 0 saturated heterocycles. The highest BCUT2D eigenvalue weighted by atomic mass is 16.5. The minimum absolute atomic E-state index is 0.782. The van der Waals surface area contributed by atoms with Crippen LogP contribution in [-0.2, 0) is 6.42 Å². The highest BCUT2D eigenvalue weighted by Crippen LogP contribution is 2.38. The van der Waals surface area contributed by atoms with Crippen molar-refractivity contribution in [1.29, 1.82) is 0 Å². The molecule has 31 heavy (non-hydrogen) atoms. The molecule has 0 atom stereocenters. The fourth-order valence-electron chi connectivity index (χ4n) is 5.99. The highest BCUT2D eigenvalue weighted by Gasteiger charge is 2.24. The molecule has 2 nitrogen and oxygen atoms in total. The molecule has 2 aliphatic carbocycles. The lowest BCUT2D eigenvalue weighted by molar-refractivity contribution is 0.208. The fourth-order valence-corrected chi connectivity index (χ4v) is 5.99. The average Bonchev–Trinajstić information content (AvgIpc) is 2.82. The Bertz CT molecular complexity index is 567. The van der Waals surface area contributed by atoms with Crippen molar-refractivity contribution in [2.24, 2.45) is 23.7 Å². The van der Waals surface area contributed by atoms with Gasteiger partial charge in [0.05, 0.1) is 12.8 Å². The fraction of sp³-hybridized carbons (Fsp3) is 0.828. The number of pyridine rings is 1. The second-order valence-electron chi connectivity index (χ2n) is 10.7. The zero-order chi connectivity index (χ0) is 21.7. The summed E-state index contributed by atoms with van der Waals surface area (Å²) in [7, 11) is 0. The van der Waals surface area contributed by atoms with E-state index in [9.17, 15) is 0 Å². The van der Waals surface area contributed by atoms with Gasteiger partial charge in [0.25, 0.3) is 0 Å². The van der Waals surface area contributed by atoms with E-state index in [0.29, 0.717) is 0 Å². The van der Waals surface area contributed by atoms with E-state index in [-0.39, 0.29) is 0 Å². The molecule has 0 N–H and O–H groups in total. The summed E-state index contributed by atoms with van der Waals surface area (Å²) in [6, 6.07) is 4.25. The van der Waals surface area contributed by atoms with Crippen LogP contribution in [0.4, 0.5) is 0 Å². The predicted octanol–water partition coefficient (Wildman–Crippen LogP) is 8.78. The number of ether oxygens (including phenoxy) is 1. The quantitative estimate of drug-likeness (QED) is 0.293. The van der Waals surface area contributed by atoms with Crippen LogP contribution in [0.3, 0.4) is 0 Å². The first kappa shape index (κ1) is 24.6. The summed E-state index contributed by atoms with van der Waals surface area (Å²) in [5, 5.41) is 0. The van der Waals surface area contributed by atoms with Crippen LogP contribution in [0.25, 0.3) is 0 Å². The van der Waals surface area contributed by atoms with Crippen LogP contribution in [0.2, 0.25) is 0 Å². The van der Waals surface area contributed by atoms with Gasteiger partial charge in [-0.3, -0.25) is 4.98 Å². The summed E-state index contributed by atoms with van der Waals surface area (Å²) in [6.07, 6.45) is 26.2. The maximum absolute atomic E-state index is 5.65. The monoisotopic (exact) mass is 427 g/mol. The Labute approximate surface area is 193 Å². The Hall–Kier alpha value is -1.05. The molecule has 1 aromatic heterocycles. The van der Waals surface area contributed by atoms with Gasteiger partial charge >= 0.3 is 0 Å². The molecule has 0 spiro atoms. The van der Waals surface area contributed by atoms with Crippen LogP contribution in [0.15, 0.2) is 18.3 Å². The number of hydrogen-bond acceptors (Lipinski definition) is 2. The van der Waals surface area contributed by atoms with Crippen molar-refractivity contribution in [2.75, 3.05) is 6.61 Å². The van der Waals surface area contributed by atoms with Crippen molar-refractivity contribution < 1.29 is 4.74 Å². The van der Waals surface area contributed by atoms with Crippen LogP contribution < -0.4 is 4.74 Å². The Morgan fingerprint density at radius 1 is 0.710 bits per heavy atom. The summed E-state index contributed by atoms with van der Waals surface area (Å²) < 4.78 is 5.65. The summed E-state index contributed by atoms with van der Waals surface area (Å²) >= 11 is 0. The van der Waals surface area contributed by atoms with E-state index in [4.69, 9.17) is 4.74 Å². The van der Waals surface area contributed by atoms with E-state index in [2.05, 4.69) is 31.0 Å². The minimum Gasteiger partial charge on any atom is -0.492 e. The van der Waals surface area contributed by atoms with Crippen molar-refractivity contribution in [3.05, 3.63) is 24.0 Å². The van der Waals surface area contributed by atoms with Gasteiger partial charge in [-0.25, -0.2) is 0 Å². The lowest BCUT2D eigenvalue weighted by atomic mass is 9.74. The van der Waals surface area contributed by atoms with Crippen molar-refractivity contribution in [1.82, 2.24) is 4.98 Å². The van der Waals surface area contributed by atoms with Gasteiger partial charge in [0.1, 0.15) is 5.75 Å². The van der Waals surface area contributed by atoms with E-state index < -0.39 is 0 Å². The van der Waals surface area contributed by atoms with Gasteiger partial charge < -0.3 is 4.74 Å². The van der Waals surface area contributed by atoms with E-state index in [0.717, 1.165) is 48.9 Å². The van der Waals surface area contributed by atoms with Crippen LogP contribution in [0, 0.1) is 23.7 Å². The van der Waals surface area contributed by atoms with E-state index in [1.807, 2.05) is 6.20 Å². The molecule has 0 unspecified atom stereocenters. The number of nitrogens with zero attached hydrogens (tertiary/aromatic N) is 1. The lowest BCUT2D eigenvalue weighted by Crippen LogP contribution is -2.18.